The quantitative estimate of drug-likeness (QED) is 0.240. The summed E-state index contributed by atoms with van der Waals surface area (Å²) in [5, 5.41) is 11.6. The van der Waals surface area contributed by atoms with E-state index in [2.05, 4.69) is 25.7 Å². The van der Waals surface area contributed by atoms with Gasteiger partial charge < -0.3 is 15.4 Å². The average Bonchev–Trinajstić information content (AvgIpc) is 3.36. The van der Waals surface area contributed by atoms with E-state index in [1.165, 1.54) is 11.0 Å². The molecule has 2 heterocycles. The third kappa shape index (κ3) is 5.15. The number of methoxy groups -OCH3 is 1. The molecule has 5 aromatic rings. The first kappa shape index (κ1) is 24.5. The lowest BCUT2D eigenvalue weighted by atomic mass is 10.0. The first-order valence-corrected chi connectivity index (χ1v) is 12.0. The number of carbonyl (C=O) groups is 1. The Morgan fingerprint density at radius 3 is 2.08 bits per heavy atom. The standard InChI is InChI=1S/C30H26N6O2/c1-21(22-13-15-26(38-2)16-14-22)29(33-25-17-31-19-32-18-25)34-30-27(23-9-5-3-6-10-23)28(35-36(30)20-37)24-11-7-4-8-12-24/h3-20,33-34H,1-2H3/b29-21+. The van der Waals surface area contributed by atoms with E-state index in [0.717, 1.165) is 33.6 Å². The topological polar surface area (TPSA) is 94.0 Å². The van der Waals surface area contributed by atoms with Crippen LogP contribution >= 0.6 is 0 Å². The lowest BCUT2D eigenvalue weighted by molar-refractivity contribution is 0.415. The zero-order valence-electron chi connectivity index (χ0n) is 21.0. The fraction of sp³-hybridized carbons (Fsp3) is 0.0667. The number of hydrogen-bond donors (Lipinski definition) is 2. The van der Waals surface area contributed by atoms with E-state index in [1.807, 2.05) is 91.9 Å². The molecule has 0 aliphatic heterocycles. The van der Waals surface area contributed by atoms with Crippen molar-refractivity contribution >= 4 is 23.5 Å². The highest BCUT2D eigenvalue weighted by molar-refractivity contribution is 5.92. The summed E-state index contributed by atoms with van der Waals surface area (Å²) in [6.45, 7) is 1.99. The third-order valence-electron chi connectivity index (χ3n) is 6.09. The summed E-state index contributed by atoms with van der Waals surface area (Å²) in [6, 6.07) is 27.5. The number of allylic oxidation sites excluding steroid dienone is 1. The van der Waals surface area contributed by atoms with Crippen LogP contribution in [0.15, 0.2) is 109 Å². The van der Waals surface area contributed by atoms with E-state index in [4.69, 9.17) is 4.74 Å². The number of anilines is 2. The summed E-state index contributed by atoms with van der Waals surface area (Å²) in [5.74, 6) is 1.93. The number of aromatic nitrogens is 4. The number of ether oxygens (including phenoxy) is 1. The van der Waals surface area contributed by atoms with Crippen LogP contribution in [0.1, 0.15) is 12.5 Å². The minimum absolute atomic E-state index is 0.525. The van der Waals surface area contributed by atoms with Crippen molar-refractivity contribution in [1.82, 2.24) is 19.7 Å². The number of carbonyl (C=O) groups excluding carboxylic acids is 1. The molecule has 0 radical (unpaired) electrons. The minimum Gasteiger partial charge on any atom is -0.497 e. The lowest BCUT2D eigenvalue weighted by Crippen LogP contribution is -2.16. The molecule has 0 unspecified atom stereocenters. The third-order valence-corrected chi connectivity index (χ3v) is 6.09. The summed E-state index contributed by atoms with van der Waals surface area (Å²) >= 11 is 0. The second-order valence-corrected chi connectivity index (χ2v) is 8.46. The zero-order valence-corrected chi connectivity index (χ0v) is 21.0. The molecule has 0 aliphatic carbocycles. The van der Waals surface area contributed by atoms with Gasteiger partial charge in [0.1, 0.15) is 29.4 Å². The molecule has 0 spiro atoms. The number of rotatable bonds is 9. The maximum Gasteiger partial charge on any atom is 0.236 e. The highest BCUT2D eigenvalue weighted by Gasteiger charge is 2.22. The van der Waals surface area contributed by atoms with E-state index in [-0.39, 0.29) is 0 Å². The molecule has 0 aliphatic rings. The number of hydrogen-bond acceptors (Lipinski definition) is 7. The fourth-order valence-electron chi connectivity index (χ4n) is 4.14. The Morgan fingerprint density at radius 2 is 1.47 bits per heavy atom. The van der Waals surface area contributed by atoms with Gasteiger partial charge in [-0.05, 0) is 35.8 Å². The summed E-state index contributed by atoms with van der Waals surface area (Å²) in [5.41, 5.74) is 5.86. The van der Waals surface area contributed by atoms with Crippen molar-refractivity contribution < 1.29 is 9.53 Å². The zero-order chi connectivity index (χ0) is 26.3. The SMILES string of the molecule is COc1ccc(/C(C)=C(\Nc2cncnc2)Nc2c(-c3ccccc3)c(-c3ccccc3)nn2C=O)cc1. The minimum atomic E-state index is 0.525. The summed E-state index contributed by atoms with van der Waals surface area (Å²) in [6.07, 6.45) is 5.54. The molecule has 0 atom stereocenters. The Balaban J connectivity index is 1.69. The van der Waals surface area contributed by atoms with Crippen LogP contribution in [0, 0.1) is 0 Å². The van der Waals surface area contributed by atoms with Crippen LogP contribution in [0.2, 0.25) is 0 Å². The van der Waals surface area contributed by atoms with Gasteiger partial charge in [-0.2, -0.15) is 9.78 Å². The Morgan fingerprint density at radius 1 is 0.842 bits per heavy atom. The van der Waals surface area contributed by atoms with Gasteiger partial charge in [-0.25, -0.2) is 9.97 Å². The predicted molar refractivity (Wildman–Crippen MR) is 150 cm³/mol. The number of benzene rings is 3. The molecule has 0 saturated heterocycles. The molecule has 0 bridgehead atoms. The van der Waals surface area contributed by atoms with Crippen LogP contribution in [0.5, 0.6) is 5.75 Å². The van der Waals surface area contributed by atoms with Crippen molar-refractivity contribution in [3.8, 4) is 28.1 Å². The molecule has 3 aromatic carbocycles. The Kier molecular flexibility index (Phi) is 7.22. The van der Waals surface area contributed by atoms with E-state index >= 15 is 0 Å². The Bertz CT molecular complexity index is 1550. The van der Waals surface area contributed by atoms with Crippen LogP contribution in [0.25, 0.3) is 28.0 Å². The molecule has 0 saturated carbocycles. The van der Waals surface area contributed by atoms with E-state index in [9.17, 15) is 4.79 Å². The average molecular weight is 503 g/mol. The number of nitrogens with zero attached hydrogens (tertiary/aromatic N) is 4. The summed E-state index contributed by atoms with van der Waals surface area (Å²) in [4.78, 5) is 20.6. The molecule has 0 fully saturated rings. The van der Waals surface area contributed by atoms with Gasteiger partial charge in [0.15, 0.2) is 0 Å². The first-order chi connectivity index (χ1) is 18.7. The van der Waals surface area contributed by atoms with Crippen LogP contribution in [0.4, 0.5) is 11.5 Å². The highest BCUT2D eigenvalue weighted by atomic mass is 16.5. The highest BCUT2D eigenvalue weighted by Crippen LogP contribution is 2.38. The maximum absolute atomic E-state index is 12.3. The molecule has 8 nitrogen and oxygen atoms in total. The van der Waals surface area contributed by atoms with Crippen LogP contribution in [-0.4, -0.2) is 33.3 Å². The molecule has 2 N–H and O–H groups in total. The molecule has 188 valence electrons. The molecule has 0 amide bonds. The normalized spacial score (nSPS) is 11.4. The van der Waals surface area contributed by atoms with E-state index in [1.54, 1.807) is 19.5 Å². The fourth-order valence-corrected chi connectivity index (χ4v) is 4.14. The molecule has 38 heavy (non-hydrogen) atoms. The molecular weight excluding hydrogens is 476 g/mol. The lowest BCUT2D eigenvalue weighted by Gasteiger charge is -2.18. The monoisotopic (exact) mass is 502 g/mol. The van der Waals surface area contributed by atoms with Gasteiger partial charge in [-0.15, -0.1) is 0 Å². The summed E-state index contributed by atoms with van der Waals surface area (Å²) < 4.78 is 6.65. The van der Waals surface area contributed by atoms with Gasteiger partial charge in [0.05, 0.1) is 30.8 Å². The van der Waals surface area contributed by atoms with Crippen molar-refractivity contribution in [2.24, 2.45) is 0 Å². The van der Waals surface area contributed by atoms with Crippen LogP contribution in [-0.2, 0) is 4.79 Å². The second-order valence-electron chi connectivity index (χ2n) is 8.46. The summed E-state index contributed by atoms with van der Waals surface area (Å²) in [7, 11) is 1.64. The molecule has 2 aromatic heterocycles. The van der Waals surface area contributed by atoms with Gasteiger partial charge in [0.2, 0.25) is 6.41 Å². The molecule has 8 heteroatoms. The molecule has 5 rings (SSSR count). The maximum atomic E-state index is 12.3. The predicted octanol–water partition coefficient (Wildman–Crippen LogP) is 5.97. The molecular formula is C30H26N6O2. The Hall–Kier alpha value is -5.24. The Labute approximate surface area is 220 Å². The van der Waals surface area contributed by atoms with E-state index in [0.29, 0.717) is 29.4 Å². The van der Waals surface area contributed by atoms with Crippen molar-refractivity contribution in [2.75, 3.05) is 17.7 Å². The van der Waals surface area contributed by atoms with Gasteiger partial charge in [0, 0.05) is 5.56 Å². The van der Waals surface area contributed by atoms with Gasteiger partial charge in [-0.3, -0.25) is 4.79 Å². The second kappa shape index (κ2) is 11.2. The smallest absolute Gasteiger partial charge is 0.236 e. The van der Waals surface area contributed by atoms with Crippen molar-refractivity contribution in [2.45, 2.75) is 6.92 Å². The van der Waals surface area contributed by atoms with Crippen molar-refractivity contribution in [3.63, 3.8) is 0 Å². The first-order valence-electron chi connectivity index (χ1n) is 12.0. The van der Waals surface area contributed by atoms with Crippen molar-refractivity contribution in [3.05, 3.63) is 115 Å². The van der Waals surface area contributed by atoms with Gasteiger partial charge in [-0.1, -0.05) is 72.8 Å². The van der Waals surface area contributed by atoms with Gasteiger partial charge in [0.25, 0.3) is 0 Å². The van der Waals surface area contributed by atoms with E-state index < -0.39 is 0 Å². The van der Waals surface area contributed by atoms with Crippen LogP contribution < -0.4 is 15.4 Å². The largest absolute Gasteiger partial charge is 0.497 e. The van der Waals surface area contributed by atoms with Gasteiger partial charge >= 0.3 is 0 Å². The van der Waals surface area contributed by atoms with Crippen molar-refractivity contribution in [1.29, 1.82) is 0 Å². The number of nitrogens with one attached hydrogen (secondary N) is 2. The van der Waals surface area contributed by atoms with Crippen LogP contribution in [0.3, 0.4) is 0 Å².